The molecule has 7 aromatic carbocycles. The Balaban J connectivity index is 1.27. The van der Waals surface area contributed by atoms with Gasteiger partial charge in [0.15, 0.2) is 0 Å². The van der Waals surface area contributed by atoms with E-state index in [1.54, 1.807) is 0 Å². The quantitative estimate of drug-likeness (QED) is 0.116. The number of benzene rings is 7. The van der Waals surface area contributed by atoms with E-state index >= 15 is 0 Å². The van der Waals surface area contributed by atoms with Crippen LogP contribution in [-0.2, 0) is 15.6 Å². The van der Waals surface area contributed by atoms with E-state index < -0.39 is 21.5 Å². The van der Waals surface area contributed by atoms with Crippen LogP contribution in [0.3, 0.4) is 0 Å². The van der Waals surface area contributed by atoms with Gasteiger partial charge in [0.2, 0.25) is 0 Å². The molecule has 0 heterocycles. The molecule has 263 valence electrons. The van der Waals surface area contributed by atoms with Crippen molar-refractivity contribution >= 4 is 67.4 Å². The van der Waals surface area contributed by atoms with Crippen LogP contribution >= 0.6 is 17.0 Å². The number of fused-ring (bicyclic) bond motifs is 6. The molecule has 7 aromatic rings. The van der Waals surface area contributed by atoms with Crippen molar-refractivity contribution in [2.75, 3.05) is 0 Å². The van der Waals surface area contributed by atoms with Gasteiger partial charge in [0.25, 0.3) is 0 Å². The maximum absolute atomic E-state index is 8.81. The summed E-state index contributed by atoms with van der Waals surface area (Å²) in [5, 5.41) is 7.66. The second-order valence-electron chi connectivity index (χ2n) is 16.2. The Hall–Kier alpha value is -3.52. The van der Waals surface area contributed by atoms with Crippen molar-refractivity contribution < 1.29 is 15.6 Å². The monoisotopic (exact) mass is 821 g/mol. The molecule has 2 unspecified atom stereocenters. The minimum atomic E-state index is -4.96. The number of hydrogen-bond acceptors (Lipinski definition) is 0. The van der Waals surface area contributed by atoms with Crippen LogP contribution in [0, 0.1) is 12.8 Å². The molecule has 53 heavy (non-hydrogen) atoms. The van der Waals surface area contributed by atoms with Crippen LogP contribution in [0.5, 0.6) is 0 Å². The number of hydrogen-bond donors (Lipinski definition) is 0. The van der Waals surface area contributed by atoms with Gasteiger partial charge in [0.05, 0.1) is 0 Å². The van der Waals surface area contributed by atoms with E-state index in [4.69, 9.17) is 17.0 Å². The average molecular weight is 824 g/mol. The zero-order valence-corrected chi connectivity index (χ0v) is 36.5. The summed E-state index contributed by atoms with van der Waals surface area (Å²) < 4.78 is 0.0825. The van der Waals surface area contributed by atoms with E-state index in [0.717, 1.165) is 0 Å². The molecule has 0 saturated heterocycles. The standard InChI is InChI=1S/C26H21.C21H17.C2H7Si.2ClH.Zr/c1-17(2)20-15-19-8-5-10-24(26(19)16-20)23-12-6-11-22-21-9-4-3-7-18(21)13-14-25(22)23;1-14-12-20-15(2)10-11-19(21(20)13-14)18-9-5-7-16-6-3-4-8-17(16)18;1-3-2;;;/h3-17H,1-2H3;3-13H,1-2H3;3H,1-2H3;2*1H;/q;;;;;+2/p-2. The Morgan fingerprint density at radius 2 is 1.11 bits per heavy atom. The van der Waals surface area contributed by atoms with Crippen molar-refractivity contribution in [3.63, 3.8) is 0 Å². The van der Waals surface area contributed by atoms with E-state index in [1.165, 1.54) is 93.5 Å². The second kappa shape index (κ2) is 12.8. The maximum atomic E-state index is 8.81. The number of allylic oxidation sites excluding steroid dienone is 2. The van der Waals surface area contributed by atoms with Crippen LogP contribution in [0.1, 0.15) is 55.8 Å². The SMILES string of the molecule is CC1=Cc2c(-c3cccc4ccccc34)ccc(C)c2[CH]1[Zr]([Cl])([Cl])([CH]1C(C(C)C)=Cc2c(-c3cccc4c3ccc3ccccc34)cccc21)[SiH](C)C. The molecule has 4 heteroatoms. The summed E-state index contributed by atoms with van der Waals surface area (Å²) >= 11 is -4.96. The van der Waals surface area contributed by atoms with Crippen LogP contribution in [0.25, 0.3) is 66.7 Å². The predicted molar refractivity (Wildman–Crippen MR) is 234 cm³/mol. The molecule has 2 atom stereocenters. The molecule has 0 bridgehead atoms. The normalized spacial score (nSPS) is 17.7. The first-order chi connectivity index (χ1) is 25.5. The summed E-state index contributed by atoms with van der Waals surface area (Å²) in [6.07, 6.45) is 4.95. The van der Waals surface area contributed by atoms with E-state index in [0.29, 0.717) is 5.92 Å². The first kappa shape index (κ1) is 35.2. The van der Waals surface area contributed by atoms with Crippen molar-refractivity contribution in [2.24, 2.45) is 5.92 Å². The van der Waals surface area contributed by atoms with Crippen LogP contribution in [0.4, 0.5) is 0 Å². The van der Waals surface area contributed by atoms with Crippen molar-refractivity contribution in [3.8, 4) is 22.3 Å². The van der Waals surface area contributed by atoms with Crippen molar-refractivity contribution in [3.05, 3.63) is 166 Å². The van der Waals surface area contributed by atoms with E-state index in [-0.39, 0.29) is 7.25 Å². The van der Waals surface area contributed by atoms with Crippen molar-refractivity contribution in [1.82, 2.24) is 0 Å². The zero-order valence-electron chi connectivity index (χ0n) is 31.3. The third-order valence-corrected chi connectivity index (χ3v) is 64.7. The molecule has 0 saturated carbocycles. The topological polar surface area (TPSA) is 0 Å². The molecule has 0 spiro atoms. The van der Waals surface area contributed by atoms with Gasteiger partial charge in [-0.1, -0.05) is 0 Å². The first-order valence-electron chi connectivity index (χ1n) is 19.1. The number of aryl methyl sites for hydroxylation is 1. The van der Waals surface area contributed by atoms with Crippen LogP contribution in [-0.4, -0.2) is 5.92 Å². The van der Waals surface area contributed by atoms with Crippen LogP contribution < -0.4 is 0 Å². The van der Waals surface area contributed by atoms with Gasteiger partial charge in [-0.3, -0.25) is 0 Å². The molecule has 2 aliphatic rings. The summed E-state index contributed by atoms with van der Waals surface area (Å²) in [6, 6.07) is 47.1. The molecular weight excluding hydrogens is 779 g/mol. The van der Waals surface area contributed by atoms with Gasteiger partial charge in [-0.2, -0.15) is 0 Å². The Morgan fingerprint density at radius 3 is 1.85 bits per heavy atom. The fourth-order valence-corrected chi connectivity index (χ4v) is 42.4. The number of halogens is 2. The first-order valence-corrected chi connectivity index (χ1v) is 35.4. The third kappa shape index (κ3) is 5.16. The van der Waals surface area contributed by atoms with Crippen molar-refractivity contribution in [1.29, 1.82) is 0 Å². The molecule has 9 rings (SSSR count). The summed E-state index contributed by atoms with van der Waals surface area (Å²) in [7, 11) is 17.6. The van der Waals surface area contributed by atoms with Crippen molar-refractivity contribution in [2.45, 2.75) is 48.0 Å². The molecule has 0 N–H and O–H groups in total. The van der Waals surface area contributed by atoms with Gasteiger partial charge in [0.1, 0.15) is 0 Å². The fourth-order valence-electron chi connectivity index (χ4n) is 10.1. The Labute approximate surface area is 323 Å². The van der Waals surface area contributed by atoms with Crippen LogP contribution in [0.2, 0.25) is 13.1 Å². The Kier molecular flexibility index (Phi) is 8.49. The molecule has 0 nitrogen and oxygen atoms in total. The van der Waals surface area contributed by atoms with Gasteiger partial charge in [-0.05, 0) is 0 Å². The number of rotatable bonds is 6. The second-order valence-corrected chi connectivity index (χ2v) is 58.7. The summed E-state index contributed by atoms with van der Waals surface area (Å²) in [4.78, 5) is 0. The van der Waals surface area contributed by atoms with Gasteiger partial charge < -0.3 is 0 Å². The molecular formula is C49H45Cl2SiZr. The molecule has 2 aliphatic carbocycles. The summed E-state index contributed by atoms with van der Waals surface area (Å²) in [5.41, 5.74) is 14.5. The Bertz CT molecular complexity index is 2710. The van der Waals surface area contributed by atoms with Gasteiger partial charge in [-0.25, -0.2) is 0 Å². The summed E-state index contributed by atoms with van der Waals surface area (Å²) in [5.74, 6) is -1.40. The van der Waals surface area contributed by atoms with Gasteiger partial charge in [-0.15, -0.1) is 0 Å². The molecule has 0 aromatic heterocycles. The summed E-state index contributed by atoms with van der Waals surface area (Å²) in [6.45, 7) is 14.2. The molecule has 0 aliphatic heterocycles. The molecule has 0 fully saturated rings. The van der Waals surface area contributed by atoms with Gasteiger partial charge >= 0.3 is 326 Å². The Morgan fingerprint density at radius 1 is 0.528 bits per heavy atom. The van der Waals surface area contributed by atoms with E-state index in [9.17, 15) is 0 Å². The van der Waals surface area contributed by atoms with E-state index in [1.807, 2.05) is 0 Å². The average Bonchev–Trinajstić information content (AvgIpc) is 3.75. The molecule has 0 radical (unpaired) electrons. The van der Waals surface area contributed by atoms with Gasteiger partial charge in [0, 0.05) is 0 Å². The fraction of sp³-hybridized carbons (Fsp3) is 0.184. The molecule has 0 amide bonds. The third-order valence-electron chi connectivity index (χ3n) is 12.7. The zero-order chi connectivity index (χ0) is 36.8. The predicted octanol–water partition coefficient (Wildman–Crippen LogP) is 15.0. The van der Waals surface area contributed by atoms with Crippen LogP contribution in [0.15, 0.2) is 139 Å². The minimum absolute atomic E-state index is 0.0390. The van der Waals surface area contributed by atoms with E-state index in [2.05, 4.69) is 180 Å².